The molecule has 1 fully saturated rings. The van der Waals surface area contributed by atoms with Gasteiger partial charge in [0.05, 0.1) is 0 Å². The van der Waals surface area contributed by atoms with Crippen LogP contribution in [0.1, 0.15) is 18.9 Å². The maximum Gasteiger partial charge on any atom is 0.143 e. The zero-order valence-electron chi connectivity index (χ0n) is 13.8. The van der Waals surface area contributed by atoms with Crippen molar-refractivity contribution in [2.24, 2.45) is 26.6 Å². The zero-order chi connectivity index (χ0) is 16.6. The molecule has 3 unspecified atom stereocenters. The van der Waals surface area contributed by atoms with Crippen molar-refractivity contribution in [3.05, 3.63) is 42.2 Å². The Hall–Kier alpha value is -2.50. The number of amidine groups is 2. The molecule has 1 aromatic heterocycles. The van der Waals surface area contributed by atoms with Gasteiger partial charge in [-0.25, -0.2) is 4.99 Å². The van der Waals surface area contributed by atoms with Crippen LogP contribution in [-0.4, -0.2) is 52.6 Å². The molecule has 3 atom stereocenters. The number of pyridine rings is 1. The topological polar surface area (TPSA) is 79.2 Å². The highest BCUT2D eigenvalue weighted by Gasteiger charge is 2.41. The molecule has 3 aliphatic rings. The van der Waals surface area contributed by atoms with E-state index in [1.165, 1.54) is 18.3 Å². The first-order valence-electron chi connectivity index (χ1n) is 8.42. The van der Waals surface area contributed by atoms with Crippen molar-refractivity contribution in [2.45, 2.75) is 31.3 Å². The first-order valence-corrected chi connectivity index (χ1v) is 8.42. The largest absolute Gasteiger partial charge is 0.385 e. The molecule has 0 saturated carbocycles. The maximum atomic E-state index is 6.11. The normalized spacial score (nSPS) is 31.6. The van der Waals surface area contributed by atoms with E-state index in [9.17, 15) is 0 Å². The summed E-state index contributed by atoms with van der Waals surface area (Å²) in [5.74, 6) is 2.17. The van der Waals surface area contributed by atoms with E-state index in [-0.39, 0.29) is 6.04 Å². The van der Waals surface area contributed by atoms with Crippen LogP contribution in [0.5, 0.6) is 0 Å². The molecular formula is C18H22N6. The summed E-state index contributed by atoms with van der Waals surface area (Å²) >= 11 is 0. The first-order chi connectivity index (χ1) is 11.6. The van der Waals surface area contributed by atoms with Crippen molar-refractivity contribution in [2.75, 3.05) is 13.1 Å². The molecule has 0 amide bonds. The number of rotatable bonds is 2. The van der Waals surface area contributed by atoms with Crippen LogP contribution in [0.2, 0.25) is 0 Å². The second kappa shape index (κ2) is 5.85. The summed E-state index contributed by atoms with van der Waals surface area (Å²) in [6.07, 6.45) is 11.7. The van der Waals surface area contributed by atoms with Crippen molar-refractivity contribution >= 4 is 18.0 Å². The standard InChI is InChI=1S/C18H22N6/c1-18-15(21-12-22-17(18)19)4-5-16(23-18)24-8-6-14(11-24)9-13-3-2-7-20-10-13/h2-5,7,10,12,14-15H,6,8-9,11H2,1H3,(H2,19,21,22). The fourth-order valence-electron chi connectivity index (χ4n) is 3.64. The highest BCUT2D eigenvalue weighted by atomic mass is 15.2. The molecule has 1 saturated heterocycles. The fraction of sp³-hybridized carbons (Fsp3) is 0.444. The lowest BCUT2D eigenvalue weighted by Crippen LogP contribution is -2.52. The Kier molecular flexibility index (Phi) is 3.67. The predicted molar refractivity (Wildman–Crippen MR) is 96.5 cm³/mol. The average molecular weight is 322 g/mol. The van der Waals surface area contributed by atoms with Gasteiger partial charge in [-0.1, -0.05) is 12.1 Å². The lowest BCUT2D eigenvalue weighted by Gasteiger charge is -2.36. The van der Waals surface area contributed by atoms with E-state index >= 15 is 0 Å². The quantitative estimate of drug-likeness (QED) is 0.895. The number of fused-ring (bicyclic) bond motifs is 1. The van der Waals surface area contributed by atoms with Crippen molar-refractivity contribution in [1.29, 1.82) is 0 Å². The highest BCUT2D eigenvalue weighted by Crippen LogP contribution is 2.29. The predicted octanol–water partition coefficient (Wildman–Crippen LogP) is 1.44. The van der Waals surface area contributed by atoms with Gasteiger partial charge in [0.15, 0.2) is 0 Å². The lowest BCUT2D eigenvalue weighted by molar-refractivity contribution is 0.459. The van der Waals surface area contributed by atoms with E-state index in [2.05, 4.69) is 38.1 Å². The van der Waals surface area contributed by atoms with Gasteiger partial charge in [0.2, 0.25) is 0 Å². The number of hydrogen-bond donors (Lipinski definition) is 1. The van der Waals surface area contributed by atoms with Gasteiger partial charge in [0.25, 0.3) is 0 Å². The van der Waals surface area contributed by atoms with E-state index < -0.39 is 5.54 Å². The highest BCUT2D eigenvalue weighted by molar-refractivity contribution is 6.03. The van der Waals surface area contributed by atoms with Crippen molar-refractivity contribution in [3.8, 4) is 0 Å². The average Bonchev–Trinajstić information content (AvgIpc) is 3.05. The molecule has 0 aromatic carbocycles. The van der Waals surface area contributed by atoms with Gasteiger partial charge in [-0.05, 0) is 43.4 Å². The number of hydrogen-bond acceptors (Lipinski definition) is 6. The van der Waals surface area contributed by atoms with Gasteiger partial charge >= 0.3 is 0 Å². The number of aromatic nitrogens is 1. The lowest BCUT2D eigenvalue weighted by atomic mass is 9.88. The molecule has 1 aromatic rings. The van der Waals surface area contributed by atoms with Crippen LogP contribution >= 0.6 is 0 Å². The molecule has 4 rings (SSSR count). The third-order valence-electron chi connectivity index (χ3n) is 5.15. The fourth-order valence-corrected chi connectivity index (χ4v) is 3.64. The van der Waals surface area contributed by atoms with Crippen molar-refractivity contribution < 1.29 is 0 Å². The Labute approximate surface area is 141 Å². The van der Waals surface area contributed by atoms with Crippen LogP contribution in [0.4, 0.5) is 0 Å². The minimum Gasteiger partial charge on any atom is -0.385 e. The van der Waals surface area contributed by atoms with Crippen molar-refractivity contribution in [3.63, 3.8) is 0 Å². The molecule has 0 bridgehead atoms. The summed E-state index contributed by atoms with van der Waals surface area (Å²) < 4.78 is 0. The number of nitrogens with two attached hydrogens (primary N) is 1. The van der Waals surface area contributed by atoms with Gasteiger partial charge in [-0.15, -0.1) is 0 Å². The van der Waals surface area contributed by atoms with E-state index in [1.807, 2.05) is 25.4 Å². The number of likely N-dealkylation sites (tertiary alicyclic amines) is 1. The monoisotopic (exact) mass is 322 g/mol. The molecule has 4 heterocycles. The summed E-state index contributed by atoms with van der Waals surface area (Å²) in [5.41, 5.74) is 6.85. The van der Waals surface area contributed by atoms with Crippen LogP contribution in [0.3, 0.4) is 0 Å². The van der Waals surface area contributed by atoms with E-state index in [0.717, 1.165) is 25.3 Å². The molecular weight excluding hydrogens is 300 g/mol. The molecule has 6 heteroatoms. The summed E-state index contributed by atoms with van der Waals surface area (Å²) in [6, 6.07) is 4.10. The maximum absolute atomic E-state index is 6.11. The SMILES string of the molecule is CC12N=C(N3CCC(Cc4cccnc4)C3)C=CC1N=CN=C2N. The molecule has 24 heavy (non-hydrogen) atoms. The van der Waals surface area contributed by atoms with Crippen LogP contribution in [0.25, 0.3) is 0 Å². The minimum absolute atomic E-state index is 0.0486. The van der Waals surface area contributed by atoms with Crippen LogP contribution in [0, 0.1) is 5.92 Å². The number of dihydropyridines is 1. The molecule has 0 aliphatic carbocycles. The Bertz CT molecular complexity index is 735. The number of nitrogens with zero attached hydrogens (tertiary/aromatic N) is 5. The van der Waals surface area contributed by atoms with E-state index in [4.69, 9.17) is 10.7 Å². The second-order valence-corrected chi connectivity index (χ2v) is 6.87. The van der Waals surface area contributed by atoms with E-state index in [0.29, 0.717) is 11.8 Å². The number of aliphatic imine (C=N–C) groups is 3. The van der Waals surface area contributed by atoms with Gasteiger partial charge in [0.1, 0.15) is 29.6 Å². The Morgan fingerprint density at radius 2 is 2.33 bits per heavy atom. The molecule has 2 N–H and O–H groups in total. The van der Waals surface area contributed by atoms with Crippen LogP contribution in [0.15, 0.2) is 51.7 Å². The smallest absolute Gasteiger partial charge is 0.143 e. The van der Waals surface area contributed by atoms with E-state index in [1.54, 1.807) is 0 Å². The molecule has 6 nitrogen and oxygen atoms in total. The molecule has 3 aliphatic heterocycles. The van der Waals surface area contributed by atoms with Crippen LogP contribution in [-0.2, 0) is 6.42 Å². The molecule has 0 radical (unpaired) electrons. The Morgan fingerprint density at radius 1 is 1.42 bits per heavy atom. The second-order valence-electron chi connectivity index (χ2n) is 6.87. The van der Waals surface area contributed by atoms with Crippen LogP contribution < -0.4 is 5.73 Å². The molecule has 124 valence electrons. The summed E-state index contributed by atoms with van der Waals surface area (Å²) in [5, 5.41) is 0. The first kappa shape index (κ1) is 15.1. The summed E-state index contributed by atoms with van der Waals surface area (Å²) in [4.78, 5) is 20.0. The summed E-state index contributed by atoms with van der Waals surface area (Å²) in [7, 11) is 0. The Morgan fingerprint density at radius 3 is 3.17 bits per heavy atom. The van der Waals surface area contributed by atoms with Gasteiger partial charge in [0, 0.05) is 25.5 Å². The van der Waals surface area contributed by atoms with Gasteiger partial charge in [-0.2, -0.15) is 0 Å². The third-order valence-corrected chi connectivity index (χ3v) is 5.15. The minimum atomic E-state index is -0.555. The Balaban J connectivity index is 1.48. The van der Waals surface area contributed by atoms with Crippen molar-refractivity contribution in [1.82, 2.24) is 9.88 Å². The third kappa shape index (κ3) is 2.62. The molecule has 0 spiro atoms. The van der Waals surface area contributed by atoms with Gasteiger partial charge in [-0.3, -0.25) is 15.0 Å². The van der Waals surface area contributed by atoms with Gasteiger partial charge < -0.3 is 10.6 Å². The zero-order valence-corrected chi connectivity index (χ0v) is 13.8. The summed E-state index contributed by atoms with van der Waals surface area (Å²) in [6.45, 7) is 4.05.